The van der Waals surface area contributed by atoms with E-state index in [1.54, 1.807) is 19.9 Å². The molecule has 132 valence electrons. The summed E-state index contributed by atoms with van der Waals surface area (Å²) in [5, 5.41) is 11.5. The number of benzene rings is 1. The predicted octanol–water partition coefficient (Wildman–Crippen LogP) is 2.17. The summed E-state index contributed by atoms with van der Waals surface area (Å²) in [7, 11) is 2.41. The van der Waals surface area contributed by atoms with Gasteiger partial charge in [0.05, 0.1) is 30.1 Å². The van der Waals surface area contributed by atoms with Crippen LogP contribution in [0.3, 0.4) is 0 Å². The van der Waals surface area contributed by atoms with E-state index in [-0.39, 0.29) is 16.8 Å². The Morgan fingerprint density at radius 3 is 2.44 bits per heavy atom. The maximum atomic E-state index is 12.4. The van der Waals surface area contributed by atoms with Gasteiger partial charge in [-0.15, -0.1) is 0 Å². The molecule has 2 rings (SSSR count). The standard InChI is InChI=1S/C17H18N2O6/c1-10-14(16(21)25-4)17(2,12(9-18-10)15(20)24-3)11-7-5-6-8-13(11)19(22)23/h5-9,12H,1-4H3. The van der Waals surface area contributed by atoms with E-state index in [0.717, 1.165) is 0 Å². The molecule has 0 N–H and O–H groups in total. The van der Waals surface area contributed by atoms with E-state index in [1.807, 2.05) is 0 Å². The number of nitrogens with zero attached hydrogens (tertiary/aromatic N) is 2. The molecule has 2 unspecified atom stereocenters. The number of nitro groups is 1. The summed E-state index contributed by atoms with van der Waals surface area (Å²) >= 11 is 0. The molecule has 1 aromatic rings. The Morgan fingerprint density at radius 2 is 1.88 bits per heavy atom. The zero-order valence-corrected chi connectivity index (χ0v) is 14.3. The number of ether oxygens (including phenoxy) is 2. The maximum absolute atomic E-state index is 12.4. The van der Waals surface area contributed by atoms with E-state index in [2.05, 4.69) is 4.99 Å². The van der Waals surface area contributed by atoms with Crippen molar-refractivity contribution in [1.29, 1.82) is 0 Å². The van der Waals surface area contributed by atoms with Gasteiger partial charge in [-0.2, -0.15) is 0 Å². The monoisotopic (exact) mass is 346 g/mol. The third kappa shape index (κ3) is 2.90. The van der Waals surface area contributed by atoms with Gasteiger partial charge in [0.1, 0.15) is 5.92 Å². The molecule has 1 heterocycles. The van der Waals surface area contributed by atoms with Gasteiger partial charge in [0.2, 0.25) is 0 Å². The Hall–Kier alpha value is -3.03. The lowest BCUT2D eigenvalue weighted by atomic mass is 9.65. The first-order chi connectivity index (χ1) is 11.8. The second kappa shape index (κ2) is 6.84. The summed E-state index contributed by atoms with van der Waals surface area (Å²) in [5.74, 6) is -2.38. The molecule has 2 atom stereocenters. The molecule has 0 spiro atoms. The average molecular weight is 346 g/mol. The Morgan fingerprint density at radius 1 is 1.24 bits per heavy atom. The van der Waals surface area contributed by atoms with Crippen molar-refractivity contribution >= 4 is 23.8 Å². The molecule has 8 heteroatoms. The van der Waals surface area contributed by atoms with Crippen LogP contribution in [0.15, 0.2) is 40.5 Å². The highest BCUT2D eigenvalue weighted by Gasteiger charge is 2.51. The molecule has 1 aromatic carbocycles. The molecular formula is C17H18N2O6. The van der Waals surface area contributed by atoms with Gasteiger partial charge in [0, 0.05) is 23.5 Å². The fourth-order valence-corrected chi connectivity index (χ4v) is 3.19. The summed E-state index contributed by atoms with van der Waals surface area (Å²) in [6.07, 6.45) is 1.35. The first kappa shape index (κ1) is 18.3. The molecule has 0 aliphatic carbocycles. The number of esters is 2. The third-order valence-electron chi connectivity index (χ3n) is 4.43. The Balaban J connectivity index is 2.85. The quantitative estimate of drug-likeness (QED) is 0.470. The van der Waals surface area contributed by atoms with Crippen LogP contribution >= 0.6 is 0 Å². The van der Waals surface area contributed by atoms with Gasteiger partial charge in [-0.1, -0.05) is 18.2 Å². The van der Waals surface area contributed by atoms with Crippen LogP contribution < -0.4 is 0 Å². The summed E-state index contributed by atoms with van der Waals surface area (Å²) in [4.78, 5) is 39.8. The highest BCUT2D eigenvalue weighted by Crippen LogP contribution is 2.46. The number of carbonyl (C=O) groups excluding carboxylic acids is 2. The molecule has 0 bridgehead atoms. The predicted molar refractivity (Wildman–Crippen MR) is 89.2 cm³/mol. The lowest BCUT2D eigenvalue weighted by molar-refractivity contribution is -0.386. The molecule has 0 saturated heterocycles. The van der Waals surface area contributed by atoms with Gasteiger partial charge >= 0.3 is 11.9 Å². The van der Waals surface area contributed by atoms with E-state index >= 15 is 0 Å². The Bertz CT molecular complexity index is 798. The maximum Gasteiger partial charge on any atom is 0.336 e. The van der Waals surface area contributed by atoms with Gasteiger partial charge in [0.15, 0.2) is 0 Å². The van der Waals surface area contributed by atoms with Crippen molar-refractivity contribution in [3.8, 4) is 0 Å². The fourth-order valence-electron chi connectivity index (χ4n) is 3.19. The number of methoxy groups -OCH3 is 2. The molecule has 8 nitrogen and oxygen atoms in total. The zero-order chi connectivity index (χ0) is 18.8. The average Bonchev–Trinajstić information content (AvgIpc) is 2.60. The van der Waals surface area contributed by atoms with E-state index in [4.69, 9.17) is 9.47 Å². The molecule has 0 saturated carbocycles. The fraction of sp³-hybridized carbons (Fsp3) is 0.353. The highest BCUT2D eigenvalue weighted by molar-refractivity contribution is 6.01. The normalized spacial score (nSPS) is 22.5. The Labute approximate surface area is 144 Å². The molecule has 1 aliphatic heterocycles. The summed E-state index contributed by atoms with van der Waals surface area (Å²) in [6.45, 7) is 3.17. The number of rotatable bonds is 4. The third-order valence-corrected chi connectivity index (χ3v) is 4.43. The first-order valence-electron chi connectivity index (χ1n) is 7.44. The van der Waals surface area contributed by atoms with Gasteiger partial charge in [-0.05, 0) is 13.8 Å². The van der Waals surface area contributed by atoms with E-state index in [1.165, 1.54) is 38.6 Å². The van der Waals surface area contributed by atoms with Crippen molar-refractivity contribution < 1.29 is 24.0 Å². The molecule has 0 radical (unpaired) electrons. The molecule has 1 aliphatic rings. The van der Waals surface area contributed by atoms with Crippen LogP contribution in [0, 0.1) is 16.0 Å². The topological polar surface area (TPSA) is 108 Å². The summed E-state index contributed by atoms with van der Waals surface area (Å²) in [6, 6.07) is 5.97. The number of carbonyl (C=O) groups is 2. The van der Waals surface area contributed by atoms with Crippen LogP contribution in [0.4, 0.5) is 5.69 Å². The molecule has 0 amide bonds. The minimum Gasteiger partial charge on any atom is -0.468 e. The number of hydrogen-bond acceptors (Lipinski definition) is 7. The van der Waals surface area contributed by atoms with Crippen LogP contribution in [-0.2, 0) is 24.5 Å². The summed E-state index contributed by atoms with van der Waals surface area (Å²) < 4.78 is 9.68. The molecule has 0 aromatic heterocycles. The first-order valence-corrected chi connectivity index (χ1v) is 7.44. The van der Waals surface area contributed by atoms with Crippen LogP contribution in [-0.4, -0.2) is 37.3 Å². The van der Waals surface area contributed by atoms with E-state index in [0.29, 0.717) is 5.70 Å². The van der Waals surface area contributed by atoms with Gasteiger partial charge in [-0.25, -0.2) is 4.79 Å². The lowest BCUT2D eigenvalue weighted by Gasteiger charge is -2.37. The van der Waals surface area contributed by atoms with Gasteiger partial charge in [0.25, 0.3) is 5.69 Å². The number of aliphatic imine (C=N–C) groups is 1. The van der Waals surface area contributed by atoms with Crippen molar-refractivity contribution in [3.63, 3.8) is 0 Å². The van der Waals surface area contributed by atoms with Crippen molar-refractivity contribution in [2.24, 2.45) is 10.9 Å². The number of hydrogen-bond donors (Lipinski definition) is 0. The van der Waals surface area contributed by atoms with Crippen molar-refractivity contribution in [1.82, 2.24) is 0 Å². The number of para-hydroxylation sites is 1. The highest BCUT2D eigenvalue weighted by atomic mass is 16.6. The minimum absolute atomic E-state index is 0.0854. The van der Waals surface area contributed by atoms with Crippen LogP contribution in [0.2, 0.25) is 0 Å². The smallest absolute Gasteiger partial charge is 0.336 e. The van der Waals surface area contributed by atoms with Crippen LogP contribution in [0.1, 0.15) is 19.4 Å². The van der Waals surface area contributed by atoms with Gasteiger partial charge < -0.3 is 9.47 Å². The lowest BCUT2D eigenvalue weighted by Crippen LogP contribution is -2.45. The van der Waals surface area contributed by atoms with Gasteiger partial charge in [-0.3, -0.25) is 19.9 Å². The molecular weight excluding hydrogens is 328 g/mol. The largest absolute Gasteiger partial charge is 0.468 e. The molecule has 25 heavy (non-hydrogen) atoms. The van der Waals surface area contributed by atoms with E-state index < -0.39 is 28.2 Å². The molecule has 0 fully saturated rings. The SMILES string of the molecule is COC(=O)C1=C(C)N=CC(C(=O)OC)C1(C)c1ccccc1[N+](=O)[O-]. The van der Waals surface area contributed by atoms with E-state index in [9.17, 15) is 19.7 Å². The Kier molecular flexibility index (Phi) is 5.01. The minimum atomic E-state index is -1.37. The van der Waals surface area contributed by atoms with Crippen molar-refractivity contribution in [2.75, 3.05) is 14.2 Å². The van der Waals surface area contributed by atoms with Crippen molar-refractivity contribution in [3.05, 3.63) is 51.2 Å². The second-order valence-electron chi connectivity index (χ2n) is 5.71. The second-order valence-corrected chi connectivity index (χ2v) is 5.71. The number of allylic oxidation sites excluding steroid dienone is 1. The zero-order valence-electron chi connectivity index (χ0n) is 14.3. The van der Waals surface area contributed by atoms with Crippen LogP contribution in [0.25, 0.3) is 0 Å². The number of nitro benzene ring substituents is 1. The van der Waals surface area contributed by atoms with Crippen LogP contribution in [0.5, 0.6) is 0 Å². The summed E-state index contributed by atoms with van der Waals surface area (Å²) in [5.41, 5.74) is -0.949. The van der Waals surface area contributed by atoms with Crippen molar-refractivity contribution in [2.45, 2.75) is 19.3 Å².